The highest BCUT2D eigenvalue weighted by molar-refractivity contribution is 5.90. The van der Waals surface area contributed by atoms with Gasteiger partial charge in [-0.3, -0.25) is 0 Å². The third-order valence-corrected chi connectivity index (χ3v) is 4.06. The monoisotopic (exact) mass is 357 g/mol. The third-order valence-electron chi connectivity index (χ3n) is 4.06. The van der Waals surface area contributed by atoms with Gasteiger partial charge in [-0.25, -0.2) is 14.4 Å². The second-order valence-electron chi connectivity index (χ2n) is 5.59. The number of fused-ring (bicyclic) bond motifs is 1. The summed E-state index contributed by atoms with van der Waals surface area (Å²) in [5, 5.41) is 3.98. The van der Waals surface area contributed by atoms with Crippen LogP contribution in [0.5, 0.6) is 17.2 Å². The molecule has 0 atom stereocenters. The van der Waals surface area contributed by atoms with E-state index < -0.39 is 5.82 Å². The van der Waals surface area contributed by atoms with Crippen LogP contribution in [0.3, 0.4) is 0 Å². The largest absolute Gasteiger partial charge is 0.494 e. The normalized spacial score (nSPS) is 10.6. The van der Waals surface area contributed by atoms with Crippen molar-refractivity contribution in [1.29, 1.82) is 0 Å². The minimum absolute atomic E-state index is 0.162. The van der Waals surface area contributed by atoms with Crippen molar-refractivity contribution in [3.05, 3.63) is 48.0 Å². The lowest BCUT2D eigenvalue weighted by atomic mass is 10.1. The molecule has 136 valence electrons. The molecule has 0 spiro atoms. The summed E-state index contributed by atoms with van der Waals surface area (Å²) in [4.78, 5) is 8.37. The molecule has 0 aliphatic carbocycles. The lowest BCUT2D eigenvalue weighted by Gasteiger charge is -2.11. The number of ether oxygens (including phenoxy) is 3. The van der Waals surface area contributed by atoms with E-state index in [0.717, 1.165) is 12.0 Å². The fourth-order valence-electron chi connectivity index (χ4n) is 2.72. The van der Waals surface area contributed by atoms with E-state index in [1.54, 1.807) is 20.3 Å². The zero-order valence-corrected chi connectivity index (χ0v) is 14.9. The summed E-state index contributed by atoms with van der Waals surface area (Å²) in [7, 11) is 4.65. The van der Waals surface area contributed by atoms with Gasteiger partial charge in [0.1, 0.15) is 12.1 Å². The number of benzene rings is 2. The van der Waals surface area contributed by atoms with Crippen molar-refractivity contribution in [2.45, 2.75) is 6.42 Å². The minimum atomic E-state index is -0.449. The lowest BCUT2D eigenvalue weighted by Crippen LogP contribution is -2.07. The smallest absolute Gasteiger partial charge is 0.167 e. The van der Waals surface area contributed by atoms with Crippen LogP contribution in [0.15, 0.2) is 36.7 Å². The Kier molecular flexibility index (Phi) is 5.36. The van der Waals surface area contributed by atoms with Gasteiger partial charge in [0.25, 0.3) is 0 Å². The van der Waals surface area contributed by atoms with Gasteiger partial charge in [0, 0.05) is 18.0 Å². The van der Waals surface area contributed by atoms with E-state index >= 15 is 0 Å². The number of nitrogens with zero attached hydrogens (tertiary/aromatic N) is 2. The Balaban J connectivity index is 1.76. The standard InChI is InChI=1S/C19H20FN3O3/c1-24-16-5-4-12(8-18(16)26-3)6-7-21-19-13-9-17(25-2)14(20)10-15(13)22-11-23-19/h4-5,8-11H,6-7H2,1-3H3,(H,21,22,23). The molecule has 6 nitrogen and oxygen atoms in total. The van der Waals surface area contributed by atoms with Crippen molar-refractivity contribution < 1.29 is 18.6 Å². The van der Waals surface area contributed by atoms with E-state index in [1.807, 2.05) is 18.2 Å². The van der Waals surface area contributed by atoms with Crippen molar-refractivity contribution >= 4 is 16.7 Å². The Morgan fingerprint density at radius 2 is 1.69 bits per heavy atom. The van der Waals surface area contributed by atoms with Gasteiger partial charge in [0.05, 0.1) is 26.8 Å². The molecule has 3 rings (SSSR count). The van der Waals surface area contributed by atoms with Crippen molar-refractivity contribution in [3.8, 4) is 17.2 Å². The number of methoxy groups -OCH3 is 3. The molecule has 0 amide bonds. The third kappa shape index (κ3) is 3.61. The maximum Gasteiger partial charge on any atom is 0.167 e. The molecule has 3 aromatic rings. The first-order valence-corrected chi connectivity index (χ1v) is 8.09. The average molecular weight is 357 g/mol. The van der Waals surface area contributed by atoms with Crippen molar-refractivity contribution in [2.75, 3.05) is 33.2 Å². The molecule has 0 unspecified atom stereocenters. The van der Waals surface area contributed by atoms with Crippen molar-refractivity contribution in [1.82, 2.24) is 9.97 Å². The Bertz CT molecular complexity index is 918. The van der Waals surface area contributed by atoms with E-state index in [2.05, 4.69) is 15.3 Å². The minimum Gasteiger partial charge on any atom is -0.494 e. The topological polar surface area (TPSA) is 65.5 Å². The summed E-state index contributed by atoms with van der Waals surface area (Å²) >= 11 is 0. The van der Waals surface area contributed by atoms with Crippen LogP contribution in [0.2, 0.25) is 0 Å². The summed E-state index contributed by atoms with van der Waals surface area (Å²) in [6.45, 7) is 0.640. The van der Waals surface area contributed by atoms with E-state index in [9.17, 15) is 4.39 Å². The number of rotatable bonds is 7. The second-order valence-corrected chi connectivity index (χ2v) is 5.59. The van der Waals surface area contributed by atoms with Gasteiger partial charge in [-0.2, -0.15) is 0 Å². The Morgan fingerprint density at radius 3 is 2.42 bits per heavy atom. The summed E-state index contributed by atoms with van der Waals surface area (Å²) in [6.07, 6.45) is 2.16. The summed E-state index contributed by atoms with van der Waals surface area (Å²) in [5.74, 6) is 1.73. The first-order chi connectivity index (χ1) is 12.7. The molecule has 1 N–H and O–H groups in total. The van der Waals surface area contributed by atoms with Gasteiger partial charge in [0.2, 0.25) is 0 Å². The molecule has 0 aliphatic rings. The quantitative estimate of drug-likeness (QED) is 0.699. The first-order valence-electron chi connectivity index (χ1n) is 8.09. The van der Waals surface area contributed by atoms with Crippen LogP contribution in [0, 0.1) is 5.82 Å². The first kappa shape index (κ1) is 17.7. The fraction of sp³-hybridized carbons (Fsp3) is 0.263. The summed E-state index contributed by atoms with van der Waals surface area (Å²) < 4.78 is 29.4. The number of anilines is 1. The molecule has 0 saturated carbocycles. The molecule has 2 aromatic carbocycles. The van der Waals surface area contributed by atoms with Gasteiger partial charge in [-0.1, -0.05) is 6.07 Å². The molecule has 0 radical (unpaired) electrons. The van der Waals surface area contributed by atoms with E-state index in [1.165, 1.54) is 19.5 Å². The van der Waals surface area contributed by atoms with Crippen LogP contribution in [-0.4, -0.2) is 37.8 Å². The van der Waals surface area contributed by atoms with Gasteiger partial charge in [-0.05, 0) is 30.2 Å². The van der Waals surface area contributed by atoms with Gasteiger partial charge in [0.15, 0.2) is 23.1 Å². The molecule has 0 fully saturated rings. The Hall–Kier alpha value is -3.09. The molecule has 1 aromatic heterocycles. The van der Waals surface area contributed by atoms with Crippen molar-refractivity contribution in [3.63, 3.8) is 0 Å². The van der Waals surface area contributed by atoms with Crippen molar-refractivity contribution in [2.24, 2.45) is 0 Å². The number of hydrogen-bond acceptors (Lipinski definition) is 6. The number of nitrogens with one attached hydrogen (secondary N) is 1. The second kappa shape index (κ2) is 7.86. The fourth-order valence-corrected chi connectivity index (χ4v) is 2.72. The predicted molar refractivity (Wildman–Crippen MR) is 97.8 cm³/mol. The van der Waals surface area contributed by atoms with Crippen LogP contribution in [-0.2, 0) is 6.42 Å². The maximum absolute atomic E-state index is 13.8. The van der Waals surface area contributed by atoms with Crippen LogP contribution >= 0.6 is 0 Å². The zero-order valence-electron chi connectivity index (χ0n) is 14.9. The predicted octanol–water partition coefficient (Wildman–Crippen LogP) is 3.45. The number of halogens is 1. The van der Waals surface area contributed by atoms with Gasteiger partial charge >= 0.3 is 0 Å². The van der Waals surface area contributed by atoms with Gasteiger partial charge < -0.3 is 19.5 Å². The highest BCUT2D eigenvalue weighted by Crippen LogP contribution is 2.29. The molecular weight excluding hydrogens is 337 g/mol. The van der Waals surface area contributed by atoms with Crippen LogP contribution in [0.4, 0.5) is 10.2 Å². The highest BCUT2D eigenvalue weighted by Gasteiger charge is 2.10. The highest BCUT2D eigenvalue weighted by atomic mass is 19.1. The van der Waals surface area contributed by atoms with Crippen LogP contribution in [0.25, 0.3) is 10.9 Å². The number of aromatic nitrogens is 2. The lowest BCUT2D eigenvalue weighted by molar-refractivity contribution is 0.354. The maximum atomic E-state index is 13.8. The van der Waals surface area contributed by atoms with E-state index in [-0.39, 0.29) is 5.75 Å². The molecule has 26 heavy (non-hydrogen) atoms. The van der Waals surface area contributed by atoms with Crippen LogP contribution in [0.1, 0.15) is 5.56 Å². The zero-order chi connectivity index (χ0) is 18.5. The van der Waals surface area contributed by atoms with E-state index in [0.29, 0.717) is 34.8 Å². The molecule has 0 saturated heterocycles. The molecule has 7 heteroatoms. The summed E-state index contributed by atoms with van der Waals surface area (Å²) in [5.41, 5.74) is 1.61. The Labute approximate surface area is 150 Å². The molecule has 0 aliphatic heterocycles. The molecule has 1 heterocycles. The van der Waals surface area contributed by atoms with Crippen LogP contribution < -0.4 is 19.5 Å². The number of hydrogen-bond donors (Lipinski definition) is 1. The molecule has 0 bridgehead atoms. The van der Waals surface area contributed by atoms with Gasteiger partial charge in [-0.15, -0.1) is 0 Å². The SMILES string of the molecule is COc1cc2c(NCCc3ccc(OC)c(OC)c3)ncnc2cc1F. The Morgan fingerprint density at radius 1 is 0.923 bits per heavy atom. The average Bonchev–Trinajstić information content (AvgIpc) is 2.67. The summed E-state index contributed by atoms with van der Waals surface area (Å²) in [6, 6.07) is 8.75. The van der Waals surface area contributed by atoms with E-state index in [4.69, 9.17) is 14.2 Å². The molecular formula is C19H20FN3O3.